The Hall–Kier alpha value is -3.42. The van der Waals surface area contributed by atoms with Crippen molar-refractivity contribution in [2.45, 2.75) is 26.3 Å². The summed E-state index contributed by atoms with van der Waals surface area (Å²) < 4.78 is 12.9. The third kappa shape index (κ3) is 5.04. The average molecular weight is 366 g/mol. The molecule has 0 bridgehead atoms. The van der Waals surface area contributed by atoms with Crippen molar-refractivity contribution < 1.29 is 9.18 Å². The van der Waals surface area contributed by atoms with E-state index < -0.39 is 0 Å². The molecule has 7 nitrogen and oxygen atoms in total. The number of carbonyl (C=O) groups excluding carboxylic acids is 1. The van der Waals surface area contributed by atoms with Gasteiger partial charge in [0.2, 0.25) is 5.82 Å². The van der Waals surface area contributed by atoms with Gasteiger partial charge in [-0.3, -0.25) is 4.79 Å². The minimum Gasteiger partial charge on any atom is -0.271 e. The maximum Gasteiger partial charge on any atom is 0.263 e. The predicted octanol–water partition coefficient (Wildman–Crippen LogP) is 2.75. The molecule has 0 aliphatic rings. The lowest BCUT2D eigenvalue weighted by Gasteiger charge is -2.04. The van der Waals surface area contributed by atoms with Crippen LogP contribution in [0.1, 0.15) is 30.9 Å². The summed E-state index contributed by atoms with van der Waals surface area (Å²) in [5.41, 5.74) is 5.17. The Morgan fingerprint density at radius 3 is 2.56 bits per heavy atom. The summed E-state index contributed by atoms with van der Waals surface area (Å²) in [6, 6.07) is 13.7. The van der Waals surface area contributed by atoms with Crippen LogP contribution in [0.5, 0.6) is 0 Å². The topological polar surface area (TPSA) is 85.1 Å². The van der Waals surface area contributed by atoms with Crippen LogP contribution in [-0.2, 0) is 11.3 Å². The summed E-state index contributed by atoms with van der Waals surface area (Å²) in [6.45, 7) is 4.13. The van der Waals surface area contributed by atoms with Crippen molar-refractivity contribution in [1.29, 1.82) is 0 Å². The highest BCUT2D eigenvalue weighted by atomic mass is 19.1. The van der Waals surface area contributed by atoms with Crippen LogP contribution >= 0.6 is 0 Å². The molecule has 0 unspecified atom stereocenters. The van der Waals surface area contributed by atoms with E-state index in [1.807, 2.05) is 24.3 Å². The SMILES string of the molecule is CC(C)c1ccc(C=NNC(=O)Cn2nnc(-c3ccc(F)cc3)n2)cc1. The van der Waals surface area contributed by atoms with Crippen molar-refractivity contribution >= 4 is 12.1 Å². The zero-order chi connectivity index (χ0) is 19.2. The van der Waals surface area contributed by atoms with E-state index in [1.54, 1.807) is 18.3 Å². The molecule has 0 saturated heterocycles. The molecule has 0 radical (unpaired) electrons. The van der Waals surface area contributed by atoms with Crippen LogP contribution in [0.3, 0.4) is 0 Å². The minimum absolute atomic E-state index is 0.127. The first-order chi connectivity index (χ1) is 13.0. The van der Waals surface area contributed by atoms with E-state index in [2.05, 4.69) is 39.8 Å². The molecule has 8 heteroatoms. The Balaban J connectivity index is 1.54. The van der Waals surface area contributed by atoms with Crippen LogP contribution in [0.4, 0.5) is 4.39 Å². The largest absolute Gasteiger partial charge is 0.271 e. The number of rotatable bonds is 6. The summed E-state index contributed by atoms with van der Waals surface area (Å²) in [7, 11) is 0. The number of hydrazone groups is 1. The summed E-state index contributed by atoms with van der Waals surface area (Å²) in [6.07, 6.45) is 1.57. The van der Waals surface area contributed by atoms with Crippen LogP contribution in [0, 0.1) is 5.82 Å². The minimum atomic E-state index is -0.381. The molecule has 0 aliphatic heterocycles. The van der Waals surface area contributed by atoms with Gasteiger partial charge in [0.25, 0.3) is 5.91 Å². The van der Waals surface area contributed by atoms with Gasteiger partial charge >= 0.3 is 0 Å². The Morgan fingerprint density at radius 2 is 1.89 bits per heavy atom. The monoisotopic (exact) mass is 366 g/mol. The highest BCUT2D eigenvalue weighted by molar-refractivity contribution is 5.82. The van der Waals surface area contributed by atoms with Gasteiger partial charge in [0.05, 0.1) is 6.21 Å². The molecule has 1 aromatic heterocycles. The van der Waals surface area contributed by atoms with Gasteiger partial charge in [-0.25, -0.2) is 9.82 Å². The third-order valence-corrected chi connectivity index (χ3v) is 3.85. The molecule has 0 spiro atoms. The first-order valence-corrected chi connectivity index (χ1v) is 8.47. The van der Waals surface area contributed by atoms with Gasteiger partial charge in [-0.1, -0.05) is 38.1 Å². The van der Waals surface area contributed by atoms with Crippen molar-refractivity contribution in [2.75, 3.05) is 0 Å². The molecule has 0 aliphatic carbocycles. The van der Waals surface area contributed by atoms with Gasteiger partial charge in [-0.15, -0.1) is 10.2 Å². The highest BCUT2D eigenvalue weighted by Crippen LogP contribution is 2.14. The number of tetrazole rings is 1. The number of hydrogen-bond acceptors (Lipinski definition) is 5. The van der Waals surface area contributed by atoms with E-state index in [0.717, 1.165) is 10.4 Å². The number of nitrogens with one attached hydrogen (secondary N) is 1. The van der Waals surface area contributed by atoms with E-state index in [4.69, 9.17) is 0 Å². The molecule has 1 amide bonds. The number of aromatic nitrogens is 4. The van der Waals surface area contributed by atoms with Crippen LogP contribution in [-0.4, -0.2) is 32.3 Å². The molecule has 3 rings (SSSR count). The van der Waals surface area contributed by atoms with Crippen LogP contribution in [0.15, 0.2) is 53.6 Å². The Labute approximate surface area is 155 Å². The number of amides is 1. The van der Waals surface area contributed by atoms with Gasteiger partial charge in [-0.05, 0) is 46.5 Å². The maximum absolute atomic E-state index is 12.9. The molecule has 1 heterocycles. The van der Waals surface area contributed by atoms with Gasteiger partial charge < -0.3 is 0 Å². The second-order valence-corrected chi connectivity index (χ2v) is 6.26. The van der Waals surface area contributed by atoms with Crippen LogP contribution in [0.25, 0.3) is 11.4 Å². The second kappa shape index (κ2) is 8.31. The summed E-state index contributed by atoms with van der Waals surface area (Å²) in [5.74, 6) is 0.0533. The Morgan fingerprint density at radius 1 is 1.19 bits per heavy atom. The summed E-state index contributed by atoms with van der Waals surface area (Å²) in [5, 5.41) is 15.7. The Bertz CT molecular complexity index is 932. The van der Waals surface area contributed by atoms with Crippen molar-refractivity contribution in [3.63, 3.8) is 0 Å². The first kappa shape index (κ1) is 18.4. The molecule has 0 saturated carbocycles. The standard InChI is InChI=1S/C19H19FN6O/c1-13(2)15-5-3-14(4-6-15)11-21-22-18(27)12-26-24-19(23-25-26)16-7-9-17(20)10-8-16/h3-11,13H,12H2,1-2H3,(H,22,27). The number of hydrogen-bond donors (Lipinski definition) is 1. The fourth-order valence-electron chi connectivity index (χ4n) is 2.33. The van der Waals surface area contributed by atoms with Crippen molar-refractivity contribution in [3.05, 3.63) is 65.5 Å². The predicted molar refractivity (Wildman–Crippen MR) is 99.5 cm³/mol. The number of benzene rings is 2. The number of halogens is 1. The first-order valence-electron chi connectivity index (χ1n) is 8.47. The van der Waals surface area contributed by atoms with E-state index >= 15 is 0 Å². The molecule has 0 atom stereocenters. The lowest BCUT2D eigenvalue weighted by Crippen LogP contribution is -2.24. The lowest BCUT2D eigenvalue weighted by atomic mass is 10.0. The quantitative estimate of drug-likeness (QED) is 0.537. The maximum atomic E-state index is 12.9. The van der Waals surface area contributed by atoms with Crippen molar-refractivity contribution in [3.8, 4) is 11.4 Å². The normalized spacial score (nSPS) is 11.3. The number of carbonyl (C=O) groups is 1. The Kier molecular flexibility index (Phi) is 5.65. The van der Waals surface area contributed by atoms with Gasteiger partial charge in [0.1, 0.15) is 12.4 Å². The molecule has 0 fully saturated rings. The van der Waals surface area contributed by atoms with E-state index in [1.165, 1.54) is 17.7 Å². The fraction of sp³-hybridized carbons (Fsp3) is 0.211. The van der Waals surface area contributed by atoms with E-state index in [9.17, 15) is 9.18 Å². The molecule has 27 heavy (non-hydrogen) atoms. The smallest absolute Gasteiger partial charge is 0.263 e. The van der Waals surface area contributed by atoms with Gasteiger partial charge in [-0.2, -0.15) is 9.90 Å². The van der Waals surface area contributed by atoms with Crippen molar-refractivity contribution in [1.82, 2.24) is 25.6 Å². The van der Waals surface area contributed by atoms with Gasteiger partial charge in [0.15, 0.2) is 0 Å². The zero-order valence-electron chi connectivity index (χ0n) is 15.0. The van der Waals surface area contributed by atoms with E-state index in [0.29, 0.717) is 17.3 Å². The molecular formula is C19H19FN6O. The lowest BCUT2D eigenvalue weighted by molar-refractivity contribution is -0.122. The average Bonchev–Trinajstić information content (AvgIpc) is 3.11. The zero-order valence-corrected chi connectivity index (χ0v) is 15.0. The van der Waals surface area contributed by atoms with Crippen LogP contribution in [0.2, 0.25) is 0 Å². The van der Waals surface area contributed by atoms with Crippen LogP contribution < -0.4 is 5.43 Å². The van der Waals surface area contributed by atoms with Crippen molar-refractivity contribution in [2.24, 2.45) is 5.10 Å². The fourth-order valence-corrected chi connectivity index (χ4v) is 2.33. The van der Waals surface area contributed by atoms with E-state index in [-0.39, 0.29) is 18.3 Å². The second-order valence-electron chi connectivity index (χ2n) is 6.26. The van der Waals surface area contributed by atoms with Gasteiger partial charge in [0, 0.05) is 5.56 Å². The summed E-state index contributed by atoms with van der Waals surface area (Å²) >= 11 is 0. The third-order valence-electron chi connectivity index (χ3n) is 3.85. The molecule has 3 aromatic rings. The molecule has 2 aromatic carbocycles. The molecular weight excluding hydrogens is 347 g/mol. The summed E-state index contributed by atoms with van der Waals surface area (Å²) in [4.78, 5) is 13.1. The number of nitrogens with zero attached hydrogens (tertiary/aromatic N) is 5. The molecule has 1 N–H and O–H groups in total. The molecule has 138 valence electrons. The highest BCUT2D eigenvalue weighted by Gasteiger charge is 2.09.